The Labute approximate surface area is 116 Å². The molecular weight excluding hydrogens is 320 g/mol. The monoisotopic (exact) mass is 338 g/mol. The van der Waals surface area contributed by atoms with E-state index >= 15 is 0 Å². The number of hydrogen-bond acceptors (Lipinski definition) is 4. The first-order valence-corrected chi connectivity index (χ1v) is 7.86. The third kappa shape index (κ3) is 3.57. The van der Waals surface area contributed by atoms with Crippen LogP contribution in [0.2, 0.25) is 0 Å². The van der Waals surface area contributed by atoms with Gasteiger partial charge in [0, 0.05) is 12.1 Å². The smallest absolute Gasteiger partial charge is 0.245 e. The summed E-state index contributed by atoms with van der Waals surface area (Å²) in [4.78, 5) is 0.0825. The maximum Gasteiger partial charge on any atom is 0.245 e. The van der Waals surface area contributed by atoms with Gasteiger partial charge in [0.05, 0.1) is 6.54 Å². The maximum absolute atomic E-state index is 12.2. The van der Waals surface area contributed by atoms with E-state index in [1.807, 2.05) is 27.7 Å². The minimum Gasteiger partial charge on any atom is -0.452 e. The van der Waals surface area contributed by atoms with Crippen molar-refractivity contribution in [3.05, 3.63) is 16.5 Å². The molecule has 0 radical (unpaired) electrons. The van der Waals surface area contributed by atoms with E-state index in [0.29, 0.717) is 5.76 Å². The van der Waals surface area contributed by atoms with E-state index in [1.54, 1.807) is 0 Å². The van der Waals surface area contributed by atoms with Crippen molar-refractivity contribution in [2.45, 2.75) is 45.2 Å². The second-order valence-corrected chi connectivity index (χ2v) is 7.67. The zero-order valence-electron chi connectivity index (χ0n) is 11.0. The zero-order valence-corrected chi connectivity index (χ0v) is 13.4. The summed E-state index contributed by atoms with van der Waals surface area (Å²) in [5, 5.41) is 0. The van der Waals surface area contributed by atoms with E-state index in [1.165, 1.54) is 6.07 Å². The van der Waals surface area contributed by atoms with E-state index in [0.717, 1.165) is 0 Å². The molecule has 0 aliphatic carbocycles. The Morgan fingerprint density at radius 3 is 2.44 bits per heavy atom. The third-order valence-corrected chi connectivity index (χ3v) is 5.23. The van der Waals surface area contributed by atoms with Crippen LogP contribution in [-0.2, 0) is 16.6 Å². The van der Waals surface area contributed by atoms with Gasteiger partial charge in [-0.15, -0.1) is 0 Å². The van der Waals surface area contributed by atoms with Crippen LogP contribution in [-0.4, -0.2) is 14.5 Å². The highest BCUT2D eigenvalue weighted by molar-refractivity contribution is 9.10. The molecular formula is C11H19BrN2O3S. The molecule has 0 aromatic carbocycles. The standard InChI is InChI=1S/C11H19BrN2O3S/c1-7(11(2,3)4)14-18(15,16)9-5-8(6-13)17-10(9)12/h5,7,14H,6,13H2,1-4H3. The fourth-order valence-electron chi connectivity index (χ4n) is 1.15. The molecule has 1 atom stereocenters. The third-order valence-electron chi connectivity index (χ3n) is 2.83. The van der Waals surface area contributed by atoms with Gasteiger partial charge in [-0.25, -0.2) is 13.1 Å². The second kappa shape index (κ2) is 5.32. The van der Waals surface area contributed by atoms with Gasteiger partial charge in [0.1, 0.15) is 10.7 Å². The van der Waals surface area contributed by atoms with Crippen molar-refractivity contribution in [2.75, 3.05) is 0 Å². The molecule has 5 nitrogen and oxygen atoms in total. The van der Waals surface area contributed by atoms with Gasteiger partial charge in [0.25, 0.3) is 0 Å². The summed E-state index contributed by atoms with van der Waals surface area (Å²) in [6, 6.07) is 1.23. The van der Waals surface area contributed by atoms with Crippen LogP contribution < -0.4 is 10.5 Å². The average Bonchev–Trinajstić information content (AvgIpc) is 2.58. The highest BCUT2D eigenvalue weighted by Crippen LogP contribution is 2.27. The van der Waals surface area contributed by atoms with Crippen molar-refractivity contribution in [2.24, 2.45) is 11.1 Å². The summed E-state index contributed by atoms with van der Waals surface area (Å²) in [6.45, 7) is 7.89. The largest absolute Gasteiger partial charge is 0.452 e. The lowest BCUT2D eigenvalue weighted by atomic mass is 9.89. The Balaban J connectivity index is 3.03. The number of sulfonamides is 1. The van der Waals surface area contributed by atoms with Crippen LogP contribution in [0, 0.1) is 5.41 Å². The molecule has 0 bridgehead atoms. The molecule has 3 N–H and O–H groups in total. The predicted molar refractivity (Wildman–Crippen MR) is 73.5 cm³/mol. The normalized spacial score (nSPS) is 14.8. The summed E-state index contributed by atoms with van der Waals surface area (Å²) in [7, 11) is -3.61. The Morgan fingerprint density at radius 1 is 1.50 bits per heavy atom. The van der Waals surface area contributed by atoms with Gasteiger partial charge in [-0.2, -0.15) is 0 Å². The molecule has 0 spiro atoms. The van der Waals surface area contributed by atoms with E-state index < -0.39 is 10.0 Å². The van der Waals surface area contributed by atoms with Crippen LogP contribution >= 0.6 is 15.9 Å². The van der Waals surface area contributed by atoms with Gasteiger partial charge >= 0.3 is 0 Å². The topological polar surface area (TPSA) is 85.3 Å². The van der Waals surface area contributed by atoms with Crippen LogP contribution in [0.5, 0.6) is 0 Å². The van der Waals surface area contributed by atoms with Crippen molar-refractivity contribution in [3.63, 3.8) is 0 Å². The lowest BCUT2D eigenvalue weighted by Crippen LogP contribution is -2.41. The molecule has 0 fully saturated rings. The molecule has 1 rings (SSSR count). The fourth-order valence-corrected chi connectivity index (χ4v) is 3.60. The molecule has 1 aromatic rings. The second-order valence-electron chi connectivity index (χ2n) is 5.26. The van der Waals surface area contributed by atoms with Gasteiger partial charge in [-0.3, -0.25) is 0 Å². The number of nitrogens with one attached hydrogen (secondary N) is 1. The first-order chi connectivity index (χ1) is 8.08. The van der Waals surface area contributed by atoms with Crippen molar-refractivity contribution in [3.8, 4) is 0 Å². The maximum atomic E-state index is 12.2. The first kappa shape index (κ1) is 15.7. The van der Waals surface area contributed by atoms with Crippen LogP contribution in [0.15, 0.2) is 20.0 Å². The molecule has 104 valence electrons. The molecule has 7 heteroatoms. The van der Waals surface area contributed by atoms with E-state index in [4.69, 9.17) is 10.2 Å². The lowest BCUT2D eigenvalue weighted by Gasteiger charge is -2.27. The Hall–Kier alpha value is -0.370. The molecule has 1 unspecified atom stereocenters. The fraction of sp³-hybridized carbons (Fsp3) is 0.636. The van der Waals surface area contributed by atoms with Gasteiger partial charge in [-0.1, -0.05) is 20.8 Å². The highest BCUT2D eigenvalue weighted by Gasteiger charge is 2.28. The zero-order chi connectivity index (χ0) is 14.1. The predicted octanol–water partition coefficient (Wildman–Crippen LogP) is 2.21. The summed E-state index contributed by atoms with van der Waals surface area (Å²) in [5.74, 6) is 0.422. The van der Waals surface area contributed by atoms with Gasteiger partial charge in [0.2, 0.25) is 10.0 Å². The minimum absolute atomic E-state index is 0.0825. The van der Waals surface area contributed by atoms with Crippen LogP contribution in [0.1, 0.15) is 33.5 Å². The summed E-state index contributed by atoms with van der Waals surface area (Å²) < 4.78 is 32.4. The van der Waals surface area contributed by atoms with E-state index in [2.05, 4.69) is 20.7 Å². The lowest BCUT2D eigenvalue weighted by molar-refractivity contribution is 0.317. The number of halogens is 1. The summed E-state index contributed by atoms with van der Waals surface area (Å²) >= 11 is 3.09. The van der Waals surface area contributed by atoms with E-state index in [-0.39, 0.29) is 27.6 Å². The molecule has 0 amide bonds. The molecule has 1 aromatic heterocycles. The van der Waals surface area contributed by atoms with Crippen molar-refractivity contribution in [1.82, 2.24) is 4.72 Å². The number of rotatable bonds is 4. The molecule has 18 heavy (non-hydrogen) atoms. The van der Waals surface area contributed by atoms with Crippen molar-refractivity contribution < 1.29 is 12.8 Å². The van der Waals surface area contributed by atoms with Gasteiger partial charge < -0.3 is 10.2 Å². The SMILES string of the molecule is CC(NS(=O)(=O)c1cc(CN)oc1Br)C(C)(C)C. The number of furan rings is 1. The first-order valence-electron chi connectivity index (χ1n) is 5.58. The molecule has 1 heterocycles. The van der Waals surface area contributed by atoms with Crippen LogP contribution in [0.4, 0.5) is 0 Å². The Bertz CT molecular complexity index is 517. The Kier molecular flexibility index (Phi) is 4.64. The molecule has 0 saturated heterocycles. The molecule has 0 aliphatic rings. The minimum atomic E-state index is -3.61. The quantitative estimate of drug-likeness (QED) is 0.881. The summed E-state index contributed by atoms with van der Waals surface area (Å²) in [5.41, 5.74) is 5.25. The number of hydrogen-bond donors (Lipinski definition) is 2. The van der Waals surface area contributed by atoms with Crippen molar-refractivity contribution in [1.29, 1.82) is 0 Å². The molecule has 0 aliphatic heterocycles. The van der Waals surface area contributed by atoms with Crippen molar-refractivity contribution >= 4 is 26.0 Å². The molecule has 0 saturated carbocycles. The van der Waals surface area contributed by atoms with Crippen LogP contribution in [0.3, 0.4) is 0 Å². The number of nitrogens with two attached hydrogens (primary N) is 1. The average molecular weight is 339 g/mol. The van der Waals surface area contributed by atoms with Crippen LogP contribution in [0.25, 0.3) is 0 Å². The highest BCUT2D eigenvalue weighted by atomic mass is 79.9. The van der Waals surface area contributed by atoms with E-state index in [9.17, 15) is 8.42 Å². The summed E-state index contributed by atoms with van der Waals surface area (Å²) in [6.07, 6.45) is 0. The van der Waals surface area contributed by atoms with Gasteiger partial charge in [0.15, 0.2) is 4.67 Å². The Morgan fingerprint density at radius 2 is 2.06 bits per heavy atom. The van der Waals surface area contributed by atoms with Gasteiger partial charge in [-0.05, 0) is 28.3 Å².